The monoisotopic (exact) mass is 219 g/mol. The second kappa shape index (κ2) is 4.35. The average Bonchev–Trinajstić information content (AvgIpc) is 2.91. The third kappa shape index (κ3) is 2.59. The fourth-order valence-electron chi connectivity index (χ4n) is 1.23. The smallest absolute Gasteiger partial charge is 0.270 e. The zero-order valence-electron chi connectivity index (χ0n) is 9.05. The van der Waals surface area contributed by atoms with E-state index < -0.39 is 4.92 Å². The van der Waals surface area contributed by atoms with Gasteiger partial charge in [0.1, 0.15) is 5.58 Å². The number of fused-ring (bicyclic) bond motifs is 1. The summed E-state index contributed by atoms with van der Waals surface area (Å²) in [7, 11) is 0. The van der Waals surface area contributed by atoms with Crippen LogP contribution in [0.3, 0.4) is 0 Å². The first-order chi connectivity index (χ1) is 7.66. The van der Waals surface area contributed by atoms with E-state index in [-0.39, 0.29) is 5.69 Å². The highest BCUT2D eigenvalue weighted by Gasteiger charge is 2.12. The Balaban J connectivity index is 0.000000203. The molecule has 0 saturated heterocycles. The lowest BCUT2D eigenvalue weighted by atomic mass is 10.2. The van der Waals surface area contributed by atoms with Crippen LogP contribution in [0.2, 0.25) is 0 Å². The Morgan fingerprint density at radius 3 is 2.62 bits per heavy atom. The molecule has 0 radical (unpaired) electrons. The summed E-state index contributed by atoms with van der Waals surface area (Å²) < 4.78 is 5.03. The van der Waals surface area contributed by atoms with Crippen molar-refractivity contribution in [3.63, 3.8) is 0 Å². The highest BCUT2D eigenvalue weighted by molar-refractivity contribution is 5.79. The molecule has 0 bridgehead atoms. The maximum atomic E-state index is 10.3. The van der Waals surface area contributed by atoms with Crippen LogP contribution in [0.5, 0.6) is 0 Å². The molecule has 2 aromatic rings. The predicted molar refractivity (Wildman–Crippen MR) is 61.3 cm³/mol. The Kier molecular flexibility index (Phi) is 2.90. The van der Waals surface area contributed by atoms with E-state index in [0.717, 1.165) is 11.3 Å². The number of nitro benzene ring substituents is 1. The molecule has 1 aromatic heterocycles. The highest BCUT2D eigenvalue weighted by atomic mass is 16.6. The van der Waals surface area contributed by atoms with Gasteiger partial charge in [0, 0.05) is 17.5 Å². The van der Waals surface area contributed by atoms with Crippen LogP contribution in [0.1, 0.15) is 19.8 Å². The van der Waals surface area contributed by atoms with Gasteiger partial charge in [0.15, 0.2) is 0 Å². The first-order valence-corrected chi connectivity index (χ1v) is 5.28. The molecule has 1 saturated carbocycles. The van der Waals surface area contributed by atoms with Gasteiger partial charge in [0.05, 0.1) is 11.2 Å². The number of nitro groups is 1. The summed E-state index contributed by atoms with van der Waals surface area (Å²) in [5, 5.41) is 11.1. The molecule has 16 heavy (non-hydrogen) atoms. The van der Waals surface area contributed by atoms with Crippen molar-refractivity contribution in [2.75, 3.05) is 0 Å². The van der Waals surface area contributed by atoms with Crippen LogP contribution >= 0.6 is 0 Å². The van der Waals surface area contributed by atoms with Gasteiger partial charge in [-0.25, -0.2) is 0 Å². The third-order valence-electron chi connectivity index (χ3n) is 2.51. The van der Waals surface area contributed by atoms with Gasteiger partial charge < -0.3 is 4.42 Å². The second-order valence-corrected chi connectivity index (χ2v) is 4.08. The number of non-ortho nitro benzene ring substituents is 1. The number of rotatable bonds is 1. The van der Waals surface area contributed by atoms with Gasteiger partial charge in [-0.05, 0) is 18.1 Å². The SMILES string of the molecule is CC1CC1.O=[N+]([O-])c1ccc2occc2c1. The summed E-state index contributed by atoms with van der Waals surface area (Å²) in [5.74, 6) is 1.08. The Morgan fingerprint density at radius 2 is 2.06 bits per heavy atom. The van der Waals surface area contributed by atoms with Gasteiger partial charge in [0.25, 0.3) is 5.69 Å². The molecule has 1 heterocycles. The molecule has 3 rings (SSSR count). The fraction of sp³-hybridized carbons (Fsp3) is 0.333. The molecule has 4 nitrogen and oxygen atoms in total. The van der Waals surface area contributed by atoms with E-state index in [1.54, 1.807) is 12.1 Å². The highest BCUT2D eigenvalue weighted by Crippen LogP contribution is 2.26. The molecule has 4 heteroatoms. The van der Waals surface area contributed by atoms with Gasteiger partial charge in [-0.3, -0.25) is 10.1 Å². The van der Waals surface area contributed by atoms with Crippen LogP contribution in [0.25, 0.3) is 11.0 Å². The molecule has 0 N–H and O–H groups in total. The lowest BCUT2D eigenvalue weighted by Gasteiger charge is -1.89. The van der Waals surface area contributed by atoms with E-state index in [1.165, 1.54) is 31.2 Å². The van der Waals surface area contributed by atoms with E-state index in [9.17, 15) is 10.1 Å². The minimum Gasteiger partial charge on any atom is -0.464 e. The second-order valence-electron chi connectivity index (χ2n) is 4.08. The molecule has 0 aliphatic heterocycles. The molecular formula is C12H13NO3. The quantitative estimate of drug-likeness (QED) is 0.542. The molecular weight excluding hydrogens is 206 g/mol. The summed E-state index contributed by atoms with van der Waals surface area (Å²) in [5.41, 5.74) is 0.754. The Hall–Kier alpha value is -1.84. The minimum atomic E-state index is -0.424. The van der Waals surface area contributed by atoms with Crippen molar-refractivity contribution in [2.24, 2.45) is 5.92 Å². The standard InChI is InChI=1S/C8H5NO3.C4H8/c10-9(11)7-1-2-8-6(5-7)3-4-12-8;1-4-2-3-4/h1-5H;4H,2-3H2,1H3. The topological polar surface area (TPSA) is 56.3 Å². The zero-order valence-corrected chi connectivity index (χ0v) is 9.05. The molecule has 1 fully saturated rings. The molecule has 84 valence electrons. The lowest BCUT2D eigenvalue weighted by molar-refractivity contribution is -0.384. The number of benzene rings is 1. The number of hydrogen-bond acceptors (Lipinski definition) is 3. The Labute approximate surface area is 93.0 Å². The average molecular weight is 219 g/mol. The Morgan fingerprint density at radius 1 is 1.38 bits per heavy atom. The predicted octanol–water partition coefficient (Wildman–Crippen LogP) is 3.76. The molecule has 1 aliphatic rings. The van der Waals surface area contributed by atoms with Gasteiger partial charge in [-0.1, -0.05) is 19.8 Å². The Bertz CT molecular complexity index is 500. The van der Waals surface area contributed by atoms with Gasteiger partial charge in [-0.15, -0.1) is 0 Å². The summed E-state index contributed by atoms with van der Waals surface area (Å²) >= 11 is 0. The normalized spacial score (nSPS) is 14.3. The van der Waals surface area contributed by atoms with E-state index >= 15 is 0 Å². The van der Waals surface area contributed by atoms with E-state index in [1.807, 2.05) is 0 Å². The fourth-order valence-corrected chi connectivity index (χ4v) is 1.23. The van der Waals surface area contributed by atoms with Crippen molar-refractivity contribution in [1.29, 1.82) is 0 Å². The van der Waals surface area contributed by atoms with Gasteiger partial charge >= 0.3 is 0 Å². The molecule has 1 aromatic carbocycles. The molecule has 0 unspecified atom stereocenters. The number of furan rings is 1. The first kappa shape index (κ1) is 10.7. The van der Waals surface area contributed by atoms with E-state index in [4.69, 9.17) is 4.42 Å². The van der Waals surface area contributed by atoms with Crippen LogP contribution in [-0.2, 0) is 0 Å². The van der Waals surface area contributed by atoms with Crippen LogP contribution in [-0.4, -0.2) is 4.92 Å². The largest absolute Gasteiger partial charge is 0.464 e. The summed E-state index contributed by atoms with van der Waals surface area (Å²) in [6.45, 7) is 2.28. The number of hydrogen-bond donors (Lipinski definition) is 0. The maximum Gasteiger partial charge on any atom is 0.270 e. The zero-order chi connectivity index (χ0) is 11.5. The van der Waals surface area contributed by atoms with E-state index in [0.29, 0.717) is 5.58 Å². The number of nitrogens with zero attached hydrogens (tertiary/aromatic N) is 1. The lowest BCUT2D eigenvalue weighted by Crippen LogP contribution is -1.85. The summed E-state index contributed by atoms with van der Waals surface area (Å²) in [6.07, 6.45) is 4.48. The van der Waals surface area contributed by atoms with Crippen LogP contribution in [0.4, 0.5) is 5.69 Å². The van der Waals surface area contributed by atoms with Crippen LogP contribution < -0.4 is 0 Å². The van der Waals surface area contributed by atoms with Gasteiger partial charge in [0.2, 0.25) is 0 Å². The van der Waals surface area contributed by atoms with Crippen molar-refractivity contribution in [3.05, 3.63) is 40.6 Å². The molecule has 0 spiro atoms. The van der Waals surface area contributed by atoms with Gasteiger partial charge in [-0.2, -0.15) is 0 Å². The van der Waals surface area contributed by atoms with E-state index in [2.05, 4.69) is 6.92 Å². The molecule has 1 aliphatic carbocycles. The van der Waals surface area contributed by atoms with Crippen LogP contribution in [0, 0.1) is 16.0 Å². The summed E-state index contributed by atoms with van der Waals surface area (Å²) in [4.78, 5) is 9.92. The van der Waals surface area contributed by atoms with Crippen molar-refractivity contribution in [3.8, 4) is 0 Å². The maximum absolute atomic E-state index is 10.3. The first-order valence-electron chi connectivity index (χ1n) is 5.28. The van der Waals surface area contributed by atoms with Crippen molar-refractivity contribution in [1.82, 2.24) is 0 Å². The molecule has 0 atom stereocenters. The van der Waals surface area contributed by atoms with Crippen molar-refractivity contribution in [2.45, 2.75) is 19.8 Å². The molecule has 0 amide bonds. The minimum absolute atomic E-state index is 0.0869. The van der Waals surface area contributed by atoms with Crippen LogP contribution in [0.15, 0.2) is 34.9 Å². The van der Waals surface area contributed by atoms with Crippen molar-refractivity contribution < 1.29 is 9.34 Å². The third-order valence-corrected chi connectivity index (χ3v) is 2.51. The summed E-state index contributed by atoms with van der Waals surface area (Å²) in [6, 6.07) is 6.19. The van der Waals surface area contributed by atoms with Crippen molar-refractivity contribution >= 4 is 16.7 Å².